The van der Waals surface area contributed by atoms with E-state index in [0.717, 1.165) is 19.3 Å². The average Bonchev–Trinajstić information content (AvgIpc) is 2.27. The van der Waals surface area contributed by atoms with Gasteiger partial charge in [-0.05, 0) is 26.2 Å². The molecule has 3 heteroatoms. The molecule has 0 saturated heterocycles. The van der Waals surface area contributed by atoms with E-state index in [1.54, 1.807) is 6.92 Å². The second-order valence-corrected chi connectivity index (χ2v) is 4.39. The Morgan fingerprint density at radius 1 is 1.31 bits per heavy atom. The van der Waals surface area contributed by atoms with Gasteiger partial charge in [-0.3, -0.25) is 4.79 Å². The van der Waals surface area contributed by atoms with E-state index in [-0.39, 0.29) is 5.91 Å². The van der Waals surface area contributed by atoms with Crippen LogP contribution in [0.25, 0.3) is 0 Å². The predicted molar refractivity (Wildman–Crippen MR) is 67.1 cm³/mol. The Morgan fingerprint density at radius 2 is 1.88 bits per heavy atom. The van der Waals surface area contributed by atoms with Crippen molar-refractivity contribution in [2.45, 2.75) is 57.5 Å². The van der Waals surface area contributed by atoms with E-state index in [1.165, 1.54) is 26.4 Å². The molecule has 0 rings (SSSR count). The summed E-state index contributed by atoms with van der Waals surface area (Å²) in [5, 5.41) is 0. The van der Waals surface area contributed by atoms with Crippen LogP contribution in [0.15, 0.2) is 12.7 Å². The maximum atomic E-state index is 11.1. The molecule has 0 aromatic rings. The molecule has 0 aliphatic heterocycles. The first-order valence-electron chi connectivity index (χ1n) is 6.03. The highest BCUT2D eigenvalue weighted by atomic mass is 16.5. The van der Waals surface area contributed by atoms with Crippen LogP contribution in [-0.2, 0) is 9.53 Å². The number of nitrogens with two attached hydrogens (primary N) is 1. The van der Waals surface area contributed by atoms with Gasteiger partial charge in [-0.1, -0.05) is 31.8 Å². The predicted octanol–water partition coefficient (Wildman–Crippen LogP) is 2.79. The quantitative estimate of drug-likeness (QED) is 0.461. The molecule has 0 aromatic carbocycles. The number of unbranched alkanes of at least 4 members (excludes halogenated alkanes) is 5. The number of ether oxygens (including phenoxy) is 1. The van der Waals surface area contributed by atoms with Gasteiger partial charge in [-0.25, -0.2) is 0 Å². The first-order chi connectivity index (χ1) is 7.56. The first kappa shape index (κ1) is 15.2. The molecule has 0 bridgehead atoms. The lowest BCUT2D eigenvalue weighted by atomic mass is 9.96. The molecule has 2 N–H and O–H groups in total. The summed E-state index contributed by atoms with van der Waals surface area (Å²) in [6.07, 6.45) is 9.51. The van der Waals surface area contributed by atoms with Gasteiger partial charge in [-0.15, -0.1) is 6.58 Å². The fourth-order valence-electron chi connectivity index (χ4n) is 1.61. The zero-order chi connectivity index (χ0) is 12.4. The van der Waals surface area contributed by atoms with Gasteiger partial charge in [0, 0.05) is 7.11 Å². The van der Waals surface area contributed by atoms with Crippen molar-refractivity contribution in [1.29, 1.82) is 0 Å². The van der Waals surface area contributed by atoms with Crippen molar-refractivity contribution in [2.75, 3.05) is 7.11 Å². The molecular formula is C13H25NO2. The lowest BCUT2D eigenvalue weighted by molar-refractivity contribution is -0.138. The maximum absolute atomic E-state index is 11.1. The molecule has 0 fully saturated rings. The minimum Gasteiger partial charge on any atom is -0.369 e. The fourth-order valence-corrected chi connectivity index (χ4v) is 1.61. The van der Waals surface area contributed by atoms with Crippen molar-refractivity contribution in [3.8, 4) is 0 Å². The van der Waals surface area contributed by atoms with Crippen molar-refractivity contribution in [2.24, 2.45) is 5.73 Å². The highest BCUT2D eigenvalue weighted by molar-refractivity contribution is 5.82. The molecule has 16 heavy (non-hydrogen) atoms. The van der Waals surface area contributed by atoms with Gasteiger partial charge in [-0.2, -0.15) is 0 Å². The van der Waals surface area contributed by atoms with Crippen molar-refractivity contribution >= 4 is 5.91 Å². The smallest absolute Gasteiger partial charge is 0.249 e. The summed E-state index contributed by atoms with van der Waals surface area (Å²) in [4.78, 5) is 11.1. The number of amides is 1. The van der Waals surface area contributed by atoms with Crippen LogP contribution in [0.5, 0.6) is 0 Å². The van der Waals surface area contributed by atoms with E-state index >= 15 is 0 Å². The third-order valence-corrected chi connectivity index (χ3v) is 3.03. The number of allylic oxidation sites excluding steroid dienone is 1. The third kappa shape index (κ3) is 5.91. The summed E-state index contributed by atoms with van der Waals surface area (Å²) < 4.78 is 5.16. The Balaban J connectivity index is 3.56. The van der Waals surface area contributed by atoms with Gasteiger partial charge in [0.25, 0.3) is 0 Å². The van der Waals surface area contributed by atoms with Crippen LogP contribution in [-0.4, -0.2) is 18.6 Å². The summed E-state index contributed by atoms with van der Waals surface area (Å²) in [6.45, 7) is 5.45. The van der Waals surface area contributed by atoms with Gasteiger partial charge >= 0.3 is 0 Å². The number of primary amides is 1. The SMILES string of the molecule is C=CCCCCCCCC(C)(OC)C(N)=O. The molecule has 1 amide bonds. The number of carbonyl (C=O) groups is 1. The first-order valence-corrected chi connectivity index (χ1v) is 6.03. The van der Waals surface area contributed by atoms with Gasteiger partial charge in [0.15, 0.2) is 0 Å². The van der Waals surface area contributed by atoms with Gasteiger partial charge in [0.05, 0.1) is 0 Å². The second kappa shape index (κ2) is 8.34. The molecule has 0 aliphatic rings. The molecule has 1 unspecified atom stereocenters. The van der Waals surface area contributed by atoms with E-state index < -0.39 is 5.60 Å². The standard InChI is InChI=1S/C13H25NO2/c1-4-5-6-7-8-9-10-11-13(2,16-3)12(14)15/h4H,1,5-11H2,2-3H3,(H2,14,15). The zero-order valence-corrected chi connectivity index (χ0v) is 10.6. The van der Waals surface area contributed by atoms with Crippen molar-refractivity contribution in [3.63, 3.8) is 0 Å². The van der Waals surface area contributed by atoms with E-state index in [2.05, 4.69) is 6.58 Å². The Hall–Kier alpha value is -0.830. The van der Waals surface area contributed by atoms with Gasteiger partial charge in [0.1, 0.15) is 5.60 Å². The minimum absolute atomic E-state index is 0.373. The van der Waals surface area contributed by atoms with Crippen LogP contribution in [0, 0.1) is 0 Å². The van der Waals surface area contributed by atoms with Gasteiger partial charge in [0.2, 0.25) is 5.91 Å². The van der Waals surface area contributed by atoms with Crippen LogP contribution >= 0.6 is 0 Å². The summed E-state index contributed by atoms with van der Waals surface area (Å²) in [7, 11) is 1.54. The molecule has 0 radical (unpaired) electrons. The Labute approximate surface area is 99.0 Å². The lowest BCUT2D eigenvalue weighted by Gasteiger charge is -2.24. The van der Waals surface area contributed by atoms with Crippen LogP contribution in [0.1, 0.15) is 51.9 Å². The van der Waals surface area contributed by atoms with Crippen LogP contribution < -0.4 is 5.73 Å². The minimum atomic E-state index is -0.791. The molecule has 0 spiro atoms. The lowest BCUT2D eigenvalue weighted by Crippen LogP contribution is -2.42. The maximum Gasteiger partial charge on any atom is 0.249 e. The molecule has 0 aliphatic carbocycles. The zero-order valence-electron chi connectivity index (χ0n) is 10.6. The highest BCUT2D eigenvalue weighted by Crippen LogP contribution is 2.18. The number of carbonyl (C=O) groups excluding carboxylic acids is 1. The Bertz CT molecular complexity index is 216. The summed E-state index contributed by atoms with van der Waals surface area (Å²) >= 11 is 0. The largest absolute Gasteiger partial charge is 0.369 e. The second-order valence-electron chi connectivity index (χ2n) is 4.39. The summed E-state index contributed by atoms with van der Waals surface area (Å²) in [5.41, 5.74) is 4.50. The van der Waals surface area contributed by atoms with E-state index in [1.807, 2.05) is 6.08 Å². The molecule has 0 saturated carbocycles. The van der Waals surface area contributed by atoms with Crippen molar-refractivity contribution in [3.05, 3.63) is 12.7 Å². The molecule has 0 heterocycles. The normalized spacial score (nSPS) is 14.4. The Morgan fingerprint density at radius 3 is 2.38 bits per heavy atom. The third-order valence-electron chi connectivity index (χ3n) is 3.03. The molecule has 3 nitrogen and oxygen atoms in total. The molecular weight excluding hydrogens is 202 g/mol. The van der Waals surface area contributed by atoms with Gasteiger partial charge < -0.3 is 10.5 Å². The van der Waals surface area contributed by atoms with Crippen LogP contribution in [0.3, 0.4) is 0 Å². The topological polar surface area (TPSA) is 52.3 Å². The van der Waals surface area contributed by atoms with Crippen LogP contribution in [0.2, 0.25) is 0 Å². The molecule has 1 atom stereocenters. The number of methoxy groups -OCH3 is 1. The van der Waals surface area contributed by atoms with E-state index in [0.29, 0.717) is 6.42 Å². The fraction of sp³-hybridized carbons (Fsp3) is 0.769. The monoisotopic (exact) mass is 227 g/mol. The van der Waals surface area contributed by atoms with E-state index in [4.69, 9.17) is 10.5 Å². The summed E-state index contributed by atoms with van der Waals surface area (Å²) in [6, 6.07) is 0. The van der Waals surface area contributed by atoms with E-state index in [9.17, 15) is 4.79 Å². The number of hydrogen-bond donors (Lipinski definition) is 1. The average molecular weight is 227 g/mol. The Kier molecular flexibility index (Phi) is 7.90. The van der Waals surface area contributed by atoms with Crippen LogP contribution in [0.4, 0.5) is 0 Å². The van der Waals surface area contributed by atoms with Crippen molar-refractivity contribution in [1.82, 2.24) is 0 Å². The molecule has 94 valence electrons. The number of rotatable bonds is 10. The molecule has 0 aromatic heterocycles. The van der Waals surface area contributed by atoms with Crippen molar-refractivity contribution < 1.29 is 9.53 Å². The highest BCUT2D eigenvalue weighted by Gasteiger charge is 2.29. The summed E-state index contributed by atoms with van der Waals surface area (Å²) in [5.74, 6) is -0.373. The number of hydrogen-bond acceptors (Lipinski definition) is 2.